The number of nitrogens with two attached hydrogens (primary N) is 1. The molecule has 1 aromatic carbocycles. The molecule has 2 aliphatic rings. The summed E-state index contributed by atoms with van der Waals surface area (Å²) in [6, 6.07) is -7.84. The highest BCUT2D eigenvalue weighted by Crippen LogP contribution is 2.23. The summed E-state index contributed by atoms with van der Waals surface area (Å²) in [5, 5.41) is 52.0. The van der Waals surface area contributed by atoms with Gasteiger partial charge in [-0.05, 0) is 125 Å². The van der Waals surface area contributed by atoms with Crippen LogP contribution in [0.1, 0.15) is 201 Å². The van der Waals surface area contributed by atoms with Crippen molar-refractivity contribution in [1.29, 1.82) is 0 Å². The number of carbonyl (C=O) groups is 15. The van der Waals surface area contributed by atoms with E-state index in [9.17, 15) is 77.3 Å². The number of aliphatic hydroxyl groups excluding tert-OH is 1. The highest BCUT2D eigenvalue weighted by atomic mass is 16.5. The molecule has 2 saturated heterocycles. The lowest BCUT2D eigenvalue weighted by molar-refractivity contribution is -0.157. The number of hydrogen-bond acceptors (Lipinski definition) is 18. The fraction of sp³-hybridized carbons (Fsp3) is 0.701. The first kappa shape index (κ1) is 94.1. The number of benzene rings is 1. The molecule has 0 spiro atoms. The predicted molar refractivity (Wildman–Crippen MR) is 407 cm³/mol. The van der Waals surface area contributed by atoms with E-state index in [-0.39, 0.29) is 69.7 Å². The Morgan fingerprint density at radius 3 is 1.64 bits per heavy atom. The van der Waals surface area contributed by atoms with Crippen LogP contribution in [0.4, 0.5) is 0 Å². The van der Waals surface area contributed by atoms with Crippen LogP contribution < -0.4 is 69.5 Å². The summed E-state index contributed by atoms with van der Waals surface area (Å²) in [4.78, 5) is 214. The van der Waals surface area contributed by atoms with Crippen molar-refractivity contribution < 1.29 is 86.9 Å². The molecule has 0 radical (unpaired) electrons. The highest BCUT2D eigenvalue weighted by Gasteiger charge is 2.44. The van der Waals surface area contributed by atoms with Gasteiger partial charge in [0.1, 0.15) is 84.3 Å². The van der Waals surface area contributed by atoms with Crippen LogP contribution in [0.15, 0.2) is 42.1 Å². The monoisotopic (exact) mass is 1530 g/mol. The van der Waals surface area contributed by atoms with Crippen LogP contribution in [-0.4, -0.2) is 202 Å². The van der Waals surface area contributed by atoms with E-state index < -0.39 is 221 Å². The Hall–Kier alpha value is -9.07. The molecule has 13 amide bonds. The van der Waals surface area contributed by atoms with Crippen molar-refractivity contribution >= 4 is 88.7 Å². The number of esters is 1. The van der Waals surface area contributed by atoms with Gasteiger partial charge >= 0.3 is 11.9 Å². The topological polar surface area (TPSA) is 479 Å². The van der Waals surface area contributed by atoms with Crippen LogP contribution in [-0.2, 0) is 83.1 Å². The van der Waals surface area contributed by atoms with Crippen molar-refractivity contribution in [3.8, 4) is 0 Å². The maximum atomic E-state index is 15.0. The van der Waals surface area contributed by atoms with E-state index in [2.05, 4.69) is 63.8 Å². The number of carboxylic acid groups (broad SMARTS) is 1. The molecule has 109 heavy (non-hydrogen) atoms. The van der Waals surface area contributed by atoms with Gasteiger partial charge in [-0.15, -0.1) is 0 Å². The minimum absolute atomic E-state index is 0.0421. The number of hydrogen-bond donors (Lipinski definition) is 15. The third-order valence-electron chi connectivity index (χ3n) is 19.4. The summed E-state index contributed by atoms with van der Waals surface area (Å²) in [7, 11) is 0. The Morgan fingerprint density at radius 2 is 1.13 bits per heavy atom. The predicted octanol–water partition coefficient (Wildman–Crippen LogP) is 1.68. The minimum atomic E-state index is -1.84. The first-order chi connectivity index (χ1) is 51.1. The number of carboxylic acids is 1. The second kappa shape index (κ2) is 45.8. The maximum Gasteiger partial charge on any atom is 0.329 e. The Labute approximate surface area is 641 Å². The van der Waals surface area contributed by atoms with Gasteiger partial charge in [0, 0.05) is 25.8 Å². The molecule has 2 aliphatic heterocycles. The average Bonchev–Trinajstić information content (AvgIpc) is 1.79. The number of nitrogens with zero attached hydrogens (tertiary/aromatic N) is 1. The summed E-state index contributed by atoms with van der Waals surface area (Å²) in [6.07, 6.45) is 0.160. The molecule has 3 rings (SSSR count). The summed E-state index contributed by atoms with van der Waals surface area (Å²) in [5.74, 6) is -17.1. The average molecular weight is 1540 g/mol. The van der Waals surface area contributed by atoms with Crippen molar-refractivity contribution in [3.63, 3.8) is 0 Å². The zero-order valence-electron chi connectivity index (χ0n) is 67.0. The quantitative estimate of drug-likeness (QED) is 0.0336. The van der Waals surface area contributed by atoms with E-state index in [1.165, 1.54) is 24.8 Å². The second-order valence-electron chi connectivity index (χ2n) is 31.2. The zero-order chi connectivity index (χ0) is 82.4. The summed E-state index contributed by atoms with van der Waals surface area (Å²) >= 11 is 0. The minimum Gasteiger partial charge on any atom is -0.481 e. The summed E-state index contributed by atoms with van der Waals surface area (Å²) < 4.78 is 5.94. The molecule has 0 aliphatic carbocycles. The molecular weight excluding hydrogens is 1410 g/mol. The van der Waals surface area contributed by atoms with Crippen molar-refractivity contribution in [1.82, 2.24) is 68.7 Å². The van der Waals surface area contributed by atoms with Crippen molar-refractivity contribution in [2.45, 2.75) is 286 Å². The number of carbonyl (C=O) groups excluding carboxylic acids is 14. The third kappa shape index (κ3) is 30.0. The van der Waals surface area contributed by atoms with Crippen molar-refractivity contribution in [2.24, 2.45) is 53.1 Å². The molecule has 32 nitrogen and oxygen atoms in total. The van der Waals surface area contributed by atoms with Gasteiger partial charge in [0.2, 0.25) is 70.9 Å². The number of aliphatic hydroxyl groups is 1. The van der Waals surface area contributed by atoms with Crippen LogP contribution in [0.2, 0.25) is 0 Å². The standard InChI is InChI=1S/C77H126N14O18/c1-19-46(17)63(74(105)90-64-47(18)109-77(108)62(45(15)16)88-65(96)50(20-2)80-68(99)53(38-48-27-22-21-23-28-48)82-70(101)57(40(5)6)84-72(103)59(42(9)10)86-75(64)106)89-66(97)51(30-25-35-78)81-69(100)54-31-26-36-91(54)76(107)61(44(13)14)87-73(104)60(43(11)12)85-71(102)58(41(7)8)83-67(98)52(33-34-56(94)95)79-55(93)32-24-29-49(92)37-39(3)4/h20-23,27-28,39-47,49,51-54,57-64,92H,19,24-26,29-38,78H2,1-18H3,(H,79,93)(H,80,99)(H,81,100)(H,82,101)(H,83,98)(H,84,103)(H,85,102)(H,86,106)(H,87,104)(H,88,96)(H,89,97)(H,90,105)(H,94,95)/t46-,47-,49+,51+,52-,53+,54-,57+,58-,59+,60-,61-,62-,63-,64-/m1/s1. The van der Waals surface area contributed by atoms with Gasteiger partial charge in [-0.3, -0.25) is 67.1 Å². The second-order valence-corrected chi connectivity index (χ2v) is 31.2. The molecule has 1 aromatic rings. The Kier molecular flexibility index (Phi) is 39.6. The van der Waals surface area contributed by atoms with Gasteiger partial charge in [0.15, 0.2) is 0 Å². The molecule has 32 heteroatoms. The number of ether oxygens (including phenoxy) is 1. The van der Waals surface area contributed by atoms with E-state index in [0.29, 0.717) is 31.2 Å². The summed E-state index contributed by atoms with van der Waals surface area (Å²) in [5.41, 5.74) is 6.32. The normalized spacial score (nSPS) is 21.9. The molecule has 612 valence electrons. The molecule has 2 fully saturated rings. The highest BCUT2D eigenvalue weighted by molar-refractivity contribution is 6.03. The molecule has 0 saturated carbocycles. The van der Waals surface area contributed by atoms with Crippen LogP contribution in [0.3, 0.4) is 0 Å². The van der Waals surface area contributed by atoms with E-state index >= 15 is 4.79 Å². The Bertz CT molecular complexity index is 3310. The first-order valence-electron chi connectivity index (χ1n) is 38.5. The maximum absolute atomic E-state index is 15.0. The fourth-order valence-electron chi connectivity index (χ4n) is 12.6. The van der Waals surface area contributed by atoms with E-state index in [1.807, 2.05) is 13.8 Å². The van der Waals surface area contributed by atoms with Crippen LogP contribution in [0.25, 0.3) is 0 Å². The van der Waals surface area contributed by atoms with Gasteiger partial charge in [-0.2, -0.15) is 0 Å². The number of rotatable bonds is 36. The zero-order valence-corrected chi connectivity index (χ0v) is 67.0. The first-order valence-corrected chi connectivity index (χ1v) is 38.5. The van der Waals surface area contributed by atoms with Crippen LogP contribution >= 0.6 is 0 Å². The number of amides is 13. The van der Waals surface area contributed by atoms with Crippen LogP contribution in [0, 0.1) is 47.3 Å². The largest absolute Gasteiger partial charge is 0.481 e. The molecular formula is C77H126N14O18. The van der Waals surface area contributed by atoms with E-state index in [1.54, 1.807) is 127 Å². The molecule has 0 aromatic heterocycles. The Balaban J connectivity index is 1.97. The lowest BCUT2D eigenvalue weighted by Crippen LogP contribution is -2.64. The molecule has 2 heterocycles. The van der Waals surface area contributed by atoms with Gasteiger partial charge in [-0.25, -0.2) is 4.79 Å². The number of cyclic esters (lactones) is 1. The number of aliphatic carboxylic acids is 1. The number of likely N-dealkylation sites (tertiary alicyclic amines) is 1. The molecule has 0 bridgehead atoms. The SMILES string of the molecule is CC=C1NC(=O)[C@H](Cc2ccccc2)NC(=O)[C@H](C(C)C)NC(=O)[C@H](C(C)C)NC(=O)[C@H](NC(=O)[C@H](NC(=O)[C@H](CCCN)NC(=O)[C@H]2CCCN2C(=O)[C@H](NC(=O)[C@H](NC(=O)[C@H](NC(=O)[C@@H](CCC(=O)O)NC(=O)CCC[C@H](O)CC(C)C)C(C)C)C(C)C)C(C)C)[C@H](C)CC)[C@@H](C)OC(=O)[C@@H](C(C)C)NC1=O. The molecule has 16 N–H and O–H groups in total. The third-order valence-corrected chi connectivity index (χ3v) is 19.4. The molecule has 15 atom stereocenters. The smallest absolute Gasteiger partial charge is 0.329 e. The van der Waals surface area contributed by atoms with E-state index in [0.717, 1.165) is 0 Å². The fourth-order valence-corrected chi connectivity index (χ4v) is 12.6. The van der Waals surface area contributed by atoms with Crippen molar-refractivity contribution in [3.05, 3.63) is 47.7 Å². The van der Waals surface area contributed by atoms with Gasteiger partial charge in [-0.1, -0.05) is 154 Å². The Morgan fingerprint density at radius 1 is 0.606 bits per heavy atom. The number of allylic oxidation sites excluding steroid dienone is 1. The van der Waals surface area contributed by atoms with Gasteiger partial charge in [0.05, 0.1) is 6.10 Å². The lowest BCUT2D eigenvalue weighted by Gasteiger charge is -2.33. The number of nitrogens with one attached hydrogen (secondary N) is 12. The van der Waals surface area contributed by atoms with E-state index in [4.69, 9.17) is 10.5 Å². The van der Waals surface area contributed by atoms with Crippen molar-refractivity contribution in [2.75, 3.05) is 13.1 Å². The lowest BCUT2D eigenvalue weighted by atomic mass is 9.96. The van der Waals surface area contributed by atoms with Gasteiger partial charge < -0.3 is 89.4 Å². The van der Waals surface area contributed by atoms with Crippen LogP contribution in [0.5, 0.6) is 0 Å². The molecule has 0 unspecified atom stereocenters. The van der Waals surface area contributed by atoms with Gasteiger partial charge in [0.25, 0.3) is 5.91 Å². The summed E-state index contributed by atoms with van der Waals surface area (Å²) in [6.45, 7) is 29.8.